The van der Waals surface area contributed by atoms with E-state index in [9.17, 15) is 9.18 Å². The van der Waals surface area contributed by atoms with E-state index in [2.05, 4.69) is 20.4 Å². The van der Waals surface area contributed by atoms with Gasteiger partial charge in [0.15, 0.2) is 0 Å². The molecular weight excluding hydrogens is 407 g/mol. The lowest BCUT2D eigenvalue weighted by Crippen LogP contribution is -2.42. The Balaban J connectivity index is 1.29. The van der Waals surface area contributed by atoms with Crippen LogP contribution in [0.3, 0.4) is 0 Å². The van der Waals surface area contributed by atoms with Crippen molar-refractivity contribution < 1.29 is 13.7 Å². The van der Waals surface area contributed by atoms with Crippen molar-refractivity contribution in [1.29, 1.82) is 0 Å². The summed E-state index contributed by atoms with van der Waals surface area (Å²) in [7, 11) is 0. The minimum Gasteiger partial charge on any atom is -0.347 e. The second-order valence-corrected chi connectivity index (χ2v) is 7.87. The maximum Gasteiger partial charge on any atom is 0.246 e. The molecule has 0 radical (unpaired) electrons. The molecule has 6 nitrogen and oxygen atoms in total. The fourth-order valence-electron chi connectivity index (χ4n) is 3.61. The molecule has 4 rings (SSSR count). The maximum atomic E-state index is 13.1. The van der Waals surface area contributed by atoms with Crippen molar-refractivity contribution >= 4 is 17.5 Å². The number of nitrogens with zero attached hydrogens (tertiary/aromatic N) is 3. The normalized spacial score (nSPS) is 17.1. The smallest absolute Gasteiger partial charge is 0.246 e. The van der Waals surface area contributed by atoms with Gasteiger partial charge in [-0.15, -0.1) is 0 Å². The van der Waals surface area contributed by atoms with Crippen LogP contribution in [-0.2, 0) is 17.9 Å². The van der Waals surface area contributed by atoms with Crippen LogP contribution in [0.5, 0.6) is 0 Å². The third-order valence-corrected chi connectivity index (χ3v) is 5.43. The van der Waals surface area contributed by atoms with E-state index in [1.54, 1.807) is 24.3 Å². The average molecular weight is 429 g/mol. The molecule has 0 bridgehead atoms. The first-order valence-corrected chi connectivity index (χ1v) is 10.3. The van der Waals surface area contributed by atoms with Crippen molar-refractivity contribution in [2.75, 3.05) is 13.1 Å². The van der Waals surface area contributed by atoms with Crippen LogP contribution in [0, 0.1) is 11.7 Å². The fraction of sp³-hybridized carbons (Fsp3) is 0.318. The summed E-state index contributed by atoms with van der Waals surface area (Å²) in [5.41, 5.74) is 1.84. The lowest BCUT2D eigenvalue weighted by atomic mass is 9.96. The van der Waals surface area contributed by atoms with Gasteiger partial charge in [-0.1, -0.05) is 28.9 Å². The fourth-order valence-corrected chi connectivity index (χ4v) is 3.74. The largest absolute Gasteiger partial charge is 0.347 e. The van der Waals surface area contributed by atoms with Crippen molar-refractivity contribution in [3.8, 4) is 11.4 Å². The molecule has 156 valence electrons. The standard InChI is InChI=1S/C22H22ClFN4O2/c23-18-7-5-16(6-8-18)21-26-20(30-27-21)12-25-22(29)17-2-1-11-28(14-17)13-15-3-9-19(24)10-4-15/h3-10,17H,1-2,11-14H2,(H,25,29). The number of hydrogen-bond donors (Lipinski definition) is 1. The van der Waals surface area contributed by atoms with Crippen molar-refractivity contribution in [1.82, 2.24) is 20.4 Å². The first-order valence-electron chi connectivity index (χ1n) is 9.90. The second kappa shape index (κ2) is 9.36. The summed E-state index contributed by atoms with van der Waals surface area (Å²) in [5.74, 6) is 0.448. The molecular formula is C22H22ClFN4O2. The molecule has 2 heterocycles. The monoisotopic (exact) mass is 428 g/mol. The van der Waals surface area contributed by atoms with Gasteiger partial charge in [0.1, 0.15) is 5.82 Å². The molecule has 3 aromatic rings. The number of carbonyl (C=O) groups excluding carboxylic acids is 1. The zero-order chi connectivity index (χ0) is 20.9. The van der Waals surface area contributed by atoms with Gasteiger partial charge in [-0.3, -0.25) is 9.69 Å². The van der Waals surface area contributed by atoms with Crippen LogP contribution in [-0.4, -0.2) is 34.0 Å². The molecule has 1 aromatic heterocycles. The van der Waals surface area contributed by atoms with Crippen LogP contribution in [0.25, 0.3) is 11.4 Å². The zero-order valence-corrected chi connectivity index (χ0v) is 17.1. The summed E-state index contributed by atoms with van der Waals surface area (Å²) in [5, 5.41) is 7.49. The molecule has 8 heteroatoms. The number of rotatable bonds is 6. The molecule has 0 saturated carbocycles. The summed E-state index contributed by atoms with van der Waals surface area (Å²) < 4.78 is 18.3. The first-order chi connectivity index (χ1) is 14.6. The molecule has 30 heavy (non-hydrogen) atoms. The Kier molecular flexibility index (Phi) is 6.40. The van der Waals surface area contributed by atoms with Gasteiger partial charge in [-0.25, -0.2) is 4.39 Å². The van der Waals surface area contributed by atoms with Gasteiger partial charge in [0.2, 0.25) is 17.6 Å². The van der Waals surface area contributed by atoms with E-state index in [-0.39, 0.29) is 24.2 Å². The molecule has 2 aromatic carbocycles. The Morgan fingerprint density at radius 3 is 2.73 bits per heavy atom. The summed E-state index contributed by atoms with van der Waals surface area (Å²) in [6.45, 7) is 2.49. The molecule has 1 aliphatic heterocycles. The summed E-state index contributed by atoms with van der Waals surface area (Å²) in [6.07, 6.45) is 1.78. The van der Waals surface area contributed by atoms with E-state index >= 15 is 0 Å². The minimum absolute atomic E-state index is 0.0231. The number of nitrogens with one attached hydrogen (secondary N) is 1. The quantitative estimate of drug-likeness (QED) is 0.641. The van der Waals surface area contributed by atoms with Gasteiger partial charge < -0.3 is 9.84 Å². The molecule has 1 fully saturated rings. The summed E-state index contributed by atoms with van der Waals surface area (Å²) >= 11 is 5.89. The molecule has 1 N–H and O–H groups in total. The summed E-state index contributed by atoms with van der Waals surface area (Å²) in [4.78, 5) is 19.2. The minimum atomic E-state index is -0.241. The number of amides is 1. The van der Waals surface area contributed by atoms with Gasteiger partial charge in [-0.2, -0.15) is 4.98 Å². The predicted octanol–water partition coefficient (Wildman–Crippen LogP) is 4.06. The van der Waals surface area contributed by atoms with Gasteiger partial charge in [0, 0.05) is 23.7 Å². The van der Waals surface area contributed by atoms with Crippen LogP contribution in [0.4, 0.5) is 4.39 Å². The Labute approximate surface area is 179 Å². The first kappa shape index (κ1) is 20.5. The number of aromatic nitrogens is 2. The SMILES string of the molecule is O=C(NCc1nc(-c2ccc(Cl)cc2)no1)C1CCCN(Cc2ccc(F)cc2)C1. The molecule has 1 aliphatic rings. The van der Waals surface area contributed by atoms with Crippen molar-refractivity contribution in [2.45, 2.75) is 25.9 Å². The van der Waals surface area contributed by atoms with E-state index < -0.39 is 0 Å². The van der Waals surface area contributed by atoms with Crippen LogP contribution in [0.2, 0.25) is 5.02 Å². The Bertz CT molecular complexity index is 991. The second-order valence-electron chi connectivity index (χ2n) is 7.44. The van der Waals surface area contributed by atoms with Crippen LogP contribution < -0.4 is 5.32 Å². The van der Waals surface area contributed by atoms with Gasteiger partial charge in [0.05, 0.1) is 12.5 Å². The van der Waals surface area contributed by atoms with E-state index in [1.165, 1.54) is 12.1 Å². The third-order valence-electron chi connectivity index (χ3n) is 5.18. The number of carbonyl (C=O) groups is 1. The van der Waals surface area contributed by atoms with Crippen molar-refractivity contribution in [2.24, 2.45) is 5.92 Å². The third kappa shape index (κ3) is 5.23. The molecule has 1 unspecified atom stereocenters. The molecule has 1 amide bonds. The topological polar surface area (TPSA) is 71.3 Å². The molecule has 0 aliphatic carbocycles. The highest BCUT2D eigenvalue weighted by molar-refractivity contribution is 6.30. The number of likely N-dealkylation sites (tertiary alicyclic amines) is 1. The number of benzene rings is 2. The number of halogens is 2. The highest BCUT2D eigenvalue weighted by Gasteiger charge is 2.26. The zero-order valence-electron chi connectivity index (χ0n) is 16.4. The molecule has 0 spiro atoms. The Morgan fingerprint density at radius 1 is 1.20 bits per heavy atom. The van der Waals surface area contributed by atoms with Gasteiger partial charge >= 0.3 is 0 Å². The van der Waals surface area contributed by atoms with E-state index in [1.807, 2.05) is 12.1 Å². The highest BCUT2D eigenvalue weighted by Crippen LogP contribution is 2.20. The van der Waals surface area contributed by atoms with Crippen LogP contribution >= 0.6 is 11.6 Å². The van der Waals surface area contributed by atoms with E-state index in [4.69, 9.17) is 16.1 Å². The van der Waals surface area contributed by atoms with Gasteiger partial charge in [0.25, 0.3) is 0 Å². The van der Waals surface area contributed by atoms with Gasteiger partial charge in [-0.05, 0) is 61.3 Å². The van der Waals surface area contributed by atoms with E-state index in [0.29, 0.717) is 29.8 Å². The lowest BCUT2D eigenvalue weighted by molar-refractivity contribution is -0.127. The maximum absolute atomic E-state index is 13.1. The lowest BCUT2D eigenvalue weighted by Gasteiger charge is -2.31. The number of hydrogen-bond acceptors (Lipinski definition) is 5. The highest BCUT2D eigenvalue weighted by atomic mass is 35.5. The average Bonchev–Trinajstić information content (AvgIpc) is 3.23. The van der Waals surface area contributed by atoms with E-state index in [0.717, 1.165) is 30.5 Å². The van der Waals surface area contributed by atoms with Crippen molar-refractivity contribution in [3.63, 3.8) is 0 Å². The molecule has 1 atom stereocenters. The van der Waals surface area contributed by atoms with Crippen LogP contribution in [0.1, 0.15) is 24.3 Å². The predicted molar refractivity (Wildman–Crippen MR) is 111 cm³/mol. The van der Waals surface area contributed by atoms with Crippen LogP contribution in [0.15, 0.2) is 53.1 Å². The molecule has 1 saturated heterocycles. The summed E-state index contributed by atoms with van der Waals surface area (Å²) in [6, 6.07) is 13.6. The van der Waals surface area contributed by atoms with Crippen molar-refractivity contribution in [3.05, 3.63) is 70.8 Å². The Morgan fingerprint density at radius 2 is 1.97 bits per heavy atom. The number of piperidine rings is 1. The Hall–Kier alpha value is -2.77.